The van der Waals surface area contributed by atoms with Crippen LogP contribution in [0.1, 0.15) is 31.4 Å². The van der Waals surface area contributed by atoms with Gasteiger partial charge < -0.3 is 14.6 Å². The molecule has 6 nitrogen and oxygen atoms in total. The van der Waals surface area contributed by atoms with E-state index < -0.39 is 4.92 Å². The van der Waals surface area contributed by atoms with Crippen LogP contribution in [-0.2, 0) is 6.54 Å². The minimum atomic E-state index is -0.393. The lowest BCUT2D eigenvalue weighted by Gasteiger charge is -2.32. The number of nitrogens with one attached hydrogen (secondary N) is 1. The standard InChI is InChI=1S/C19H23N3O3/c23-22(24)17-3-1-14(2-4-17)19-8-7-18(25-19)13-20-15-9-11-21(12-10-15)16-5-6-16/h1-4,7-8,15-16,20H,5-6,9-13H2. The lowest BCUT2D eigenvalue weighted by molar-refractivity contribution is -0.384. The summed E-state index contributed by atoms with van der Waals surface area (Å²) >= 11 is 0. The van der Waals surface area contributed by atoms with Crippen LogP contribution < -0.4 is 5.32 Å². The number of nitrogens with zero attached hydrogens (tertiary/aromatic N) is 2. The number of hydrogen-bond donors (Lipinski definition) is 1. The van der Waals surface area contributed by atoms with Crippen LogP contribution in [0.15, 0.2) is 40.8 Å². The Hall–Kier alpha value is -2.18. The van der Waals surface area contributed by atoms with Gasteiger partial charge >= 0.3 is 0 Å². The Kier molecular flexibility index (Phi) is 4.55. The van der Waals surface area contributed by atoms with Crippen LogP contribution in [0.4, 0.5) is 5.69 Å². The van der Waals surface area contributed by atoms with Gasteiger partial charge in [-0.1, -0.05) is 0 Å². The molecule has 6 heteroatoms. The molecule has 0 spiro atoms. The highest BCUT2D eigenvalue weighted by Gasteiger charge is 2.31. The largest absolute Gasteiger partial charge is 0.460 e. The van der Waals surface area contributed by atoms with Crippen molar-refractivity contribution in [2.45, 2.75) is 44.3 Å². The number of nitro groups is 1. The smallest absolute Gasteiger partial charge is 0.269 e. The van der Waals surface area contributed by atoms with Crippen LogP contribution >= 0.6 is 0 Å². The lowest BCUT2D eigenvalue weighted by atomic mass is 10.0. The summed E-state index contributed by atoms with van der Waals surface area (Å²) in [7, 11) is 0. The lowest BCUT2D eigenvalue weighted by Crippen LogP contribution is -2.43. The molecule has 1 aliphatic carbocycles. The molecule has 1 aromatic carbocycles. The van der Waals surface area contributed by atoms with Crippen LogP contribution in [-0.4, -0.2) is 35.0 Å². The normalized spacial score (nSPS) is 19.2. The molecule has 1 aromatic heterocycles. The third-order valence-corrected chi connectivity index (χ3v) is 5.18. The fourth-order valence-corrected chi connectivity index (χ4v) is 3.53. The van der Waals surface area contributed by atoms with Crippen molar-refractivity contribution in [3.8, 4) is 11.3 Å². The maximum absolute atomic E-state index is 10.7. The Balaban J connectivity index is 1.30. The Morgan fingerprint density at radius 3 is 2.44 bits per heavy atom. The van der Waals surface area contributed by atoms with Gasteiger partial charge in [0.15, 0.2) is 0 Å². The minimum absolute atomic E-state index is 0.0923. The van der Waals surface area contributed by atoms with E-state index in [9.17, 15) is 10.1 Å². The fraction of sp³-hybridized carbons (Fsp3) is 0.474. The second-order valence-corrected chi connectivity index (χ2v) is 6.99. The van der Waals surface area contributed by atoms with Gasteiger partial charge in [0.25, 0.3) is 5.69 Å². The zero-order chi connectivity index (χ0) is 17.2. The Morgan fingerprint density at radius 1 is 1.08 bits per heavy atom. The molecule has 2 fully saturated rings. The molecule has 1 saturated carbocycles. The molecular weight excluding hydrogens is 318 g/mol. The molecule has 2 aromatic rings. The first-order chi connectivity index (χ1) is 12.2. The van der Waals surface area contributed by atoms with E-state index >= 15 is 0 Å². The van der Waals surface area contributed by atoms with E-state index in [2.05, 4.69) is 10.2 Å². The van der Waals surface area contributed by atoms with E-state index in [1.807, 2.05) is 12.1 Å². The number of non-ortho nitro benzene ring substituents is 1. The molecule has 2 aliphatic rings. The van der Waals surface area contributed by atoms with Crippen LogP contribution in [0.2, 0.25) is 0 Å². The monoisotopic (exact) mass is 341 g/mol. The number of likely N-dealkylation sites (tertiary alicyclic amines) is 1. The van der Waals surface area contributed by atoms with Crippen LogP contribution in [0.3, 0.4) is 0 Å². The zero-order valence-electron chi connectivity index (χ0n) is 14.2. The van der Waals surface area contributed by atoms with Gasteiger partial charge in [0.2, 0.25) is 0 Å². The second kappa shape index (κ2) is 6.98. The highest BCUT2D eigenvalue weighted by atomic mass is 16.6. The van der Waals surface area contributed by atoms with E-state index in [-0.39, 0.29) is 5.69 Å². The quantitative estimate of drug-likeness (QED) is 0.642. The summed E-state index contributed by atoms with van der Waals surface area (Å²) in [6.07, 6.45) is 5.17. The van der Waals surface area contributed by atoms with Crippen molar-refractivity contribution in [1.82, 2.24) is 10.2 Å². The van der Waals surface area contributed by atoms with Crippen LogP contribution in [0, 0.1) is 10.1 Å². The third kappa shape index (κ3) is 3.91. The van der Waals surface area contributed by atoms with E-state index in [1.165, 1.54) is 50.9 Å². The van der Waals surface area contributed by atoms with Crippen molar-refractivity contribution in [2.75, 3.05) is 13.1 Å². The maximum atomic E-state index is 10.7. The molecule has 25 heavy (non-hydrogen) atoms. The molecule has 1 N–H and O–H groups in total. The van der Waals surface area contributed by atoms with Gasteiger partial charge in [0, 0.05) is 29.8 Å². The first kappa shape index (κ1) is 16.3. The summed E-state index contributed by atoms with van der Waals surface area (Å²) in [6.45, 7) is 3.13. The van der Waals surface area contributed by atoms with Gasteiger partial charge in [-0.25, -0.2) is 0 Å². The Labute approximate surface area is 147 Å². The number of rotatable bonds is 6. The second-order valence-electron chi connectivity index (χ2n) is 6.99. The zero-order valence-corrected chi connectivity index (χ0v) is 14.2. The summed E-state index contributed by atoms with van der Waals surface area (Å²) in [4.78, 5) is 12.9. The minimum Gasteiger partial charge on any atom is -0.460 e. The van der Waals surface area contributed by atoms with Gasteiger partial charge in [-0.3, -0.25) is 10.1 Å². The summed E-state index contributed by atoms with van der Waals surface area (Å²) in [5, 5.41) is 14.3. The van der Waals surface area contributed by atoms with E-state index in [0.29, 0.717) is 6.04 Å². The van der Waals surface area contributed by atoms with Gasteiger partial charge in [-0.15, -0.1) is 0 Å². The van der Waals surface area contributed by atoms with Crippen molar-refractivity contribution in [3.63, 3.8) is 0 Å². The Bertz CT molecular complexity index is 729. The number of furan rings is 1. The number of benzene rings is 1. The van der Waals surface area contributed by atoms with Gasteiger partial charge in [0.05, 0.1) is 11.5 Å². The molecule has 1 aliphatic heterocycles. The van der Waals surface area contributed by atoms with Gasteiger partial charge in [-0.2, -0.15) is 0 Å². The van der Waals surface area contributed by atoms with Crippen molar-refractivity contribution >= 4 is 5.69 Å². The topological polar surface area (TPSA) is 71.6 Å². The summed E-state index contributed by atoms with van der Waals surface area (Å²) in [5.41, 5.74) is 0.948. The van der Waals surface area contributed by atoms with E-state index in [4.69, 9.17) is 4.42 Å². The fourth-order valence-electron chi connectivity index (χ4n) is 3.53. The Morgan fingerprint density at radius 2 is 1.80 bits per heavy atom. The van der Waals surface area contributed by atoms with Crippen molar-refractivity contribution in [1.29, 1.82) is 0 Å². The first-order valence-corrected chi connectivity index (χ1v) is 9.00. The number of nitro benzene ring substituents is 1. The molecule has 132 valence electrons. The summed E-state index contributed by atoms with van der Waals surface area (Å²) in [5.74, 6) is 1.65. The third-order valence-electron chi connectivity index (χ3n) is 5.18. The van der Waals surface area contributed by atoms with E-state index in [1.54, 1.807) is 12.1 Å². The van der Waals surface area contributed by atoms with Crippen molar-refractivity contribution < 1.29 is 9.34 Å². The SMILES string of the molecule is O=[N+]([O-])c1ccc(-c2ccc(CNC3CCN(C4CC4)CC3)o2)cc1. The average Bonchev–Trinajstić information content (AvgIpc) is 3.38. The van der Waals surface area contributed by atoms with Gasteiger partial charge in [-0.05, 0) is 63.0 Å². The molecule has 0 atom stereocenters. The predicted molar refractivity (Wildman–Crippen MR) is 95.3 cm³/mol. The molecule has 0 radical (unpaired) electrons. The molecular formula is C19H23N3O3. The molecule has 4 rings (SSSR count). The molecule has 0 unspecified atom stereocenters. The molecule has 0 bridgehead atoms. The van der Waals surface area contributed by atoms with Gasteiger partial charge in [0.1, 0.15) is 11.5 Å². The predicted octanol–water partition coefficient (Wildman–Crippen LogP) is 3.57. The number of hydrogen-bond acceptors (Lipinski definition) is 5. The highest BCUT2D eigenvalue weighted by Crippen LogP contribution is 2.29. The molecule has 0 amide bonds. The van der Waals surface area contributed by atoms with Crippen LogP contribution in [0.5, 0.6) is 0 Å². The highest BCUT2D eigenvalue weighted by molar-refractivity contribution is 5.59. The summed E-state index contributed by atoms with van der Waals surface area (Å²) < 4.78 is 5.89. The van der Waals surface area contributed by atoms with Crippen molar-refractivity contribution in [2.24, 2.45) is 0 Å². The van der Waals surface area contributed by atoms with Crippen molar-refractivity contribution in [3.05, 3.63) is 52.3 Å². The molecule has 2 heterocycles. The maximum Gasteiger partial charge on any atom is 0.269 e. The average molecular weight is 341 g/mol. The van der Waals surface area contributed by atoms with E-state index in [0.717, 1.165) is 29.7 Å². The molecule has 1 saturated heterocycles. The van der Waals surface area contributed by atoms with Crippen LogP contribution in [0.25, 0.3) is 11.3 Å². The number of piperidine rings is 1. The summed E-state index contributed by atoms with van der Waals surface area (Å²) in [6, 6.07) is 11.8. The first-order valence-electron chi connectivity index (χ1n) is 9.00.